The van der Waals surface area contributed by atoms with Gasteiger partial charge in [0.2, 0.25) is 11.8 Å². The molecule has 0 saturated heterocycles. The van der Waals surface area contributed by atoms with Crippen LogP contribution in [-0.2, 0) is 28.3 Å². The van der Waals surface area contributed by atoms with Crippen molar-refractivity contribution >= 4 is 39.5 Å². The van der Waals surface area contributed by atoms with Crippen LogP contribution in [0.25, 0.3) is 0 Å². The van der Waals surface area contributed by atoms with E-state index in [1.165, 1.54) is 23.9 Å². The largest absolute Gasteiger partial charge is 0.352 e. The topological polar surface area (TPSA) is 49.4 Å². The molecule has 2 unspecified atom stereocenters. The highest BCUT2D eigenvalue weighted by Gasteiger charge is 2.30. The molecule has 36 heavy (non-hydrogen) atoms. The summed E-state index contributed by atoms with van der Waals surface area (Å²) in [5.41, 5.74) is 2.89. The van der Waals surface area contributed by atoms with Gasteiger partial charge in [-0.3, -0.25) is 9.59 Å². The average Bonchev–Trinajstić information content (AvgIpc) is 2.88. The molecule has 2 atom stereocenters. The molecular formula is C29H32BrFN2O2S. The Hall–Kier alpha value is -2.64. The van der Waals surface area contributed by atoms with Gasteiger partial charge in [0.1, 0.15) is 11.9 Å². The number of nitrogens with one attached hydrogen (secondary N) is 1. The summed E-state index contributed by atoms with van der Waals surface area (Å²) in [4.78, 5) is 28.8. The lowest BCUT2D eigenvalue weighted by Crippen LogP contribution is -2.52. The summed E-state index contributed by atoms with van der Waals surface area (Å²) in [5, 5.41) is 3.08. The Bertz CT molecular complexity index is 1110. The van der Waals surface area contributed by atoms with Crippen molar-refractivity contribution < 1.29 is 14.0 Å². The molecule has 0 fully saturated rings. The molecule has 0 spiro atoms. The first-order valence-electron chi connectivity index (χ1n) is 12.1. The predicted molar refractivity (Wildman–Crippen MR) is 149 cm³/mol. The minimum Gasteiger partial charge on any atom is -0.352 e. The molecule has 7 heteroatoms. The first kappa shape index (κ1) is 27.9. The van der Waals surface area contributed by atoms with E-state index in [1.807, 2.05) is 68.4 Å². The lowest BCUT2D eigenvalue weighted by Gasteiger charge is -2.32. The van der Waals surface area contributed by atoms with E-state index in [0.717, 1.165) is 27.6 Å². The highest BCUT2D eigenvalue weighted by atomic mass is 79.9. The molecule has 3 aromatic rings. The van der Waals surface area contributed by atoms with Crippen LogP contribution in [0.5, 0.6) is 0 Å². The van der Waals surface area contributed by atoms with Crippen LogP contribution < -0.4 is 5.32 Å². The van der Waals surface area contributed by atoms with Gasteiger partial charge in [-0.2, -0.15) is 0 Å². The third kappa shape index (κ3) is 8.79. The van der Waals surface area contributed by atoms with Crippen LogP contribution in [-0.4, -0.2) is 34.6 Å². The van der Waals surface area contributed by atoms with Crippen LogP contribution in [0.3, 0.4) is 0 Å². The molecule has 1 N–H and O–H groups in total. The van der Waals surface area contributed by atoms with Gasteiger partial charge in [0, 0.05) is 29.2 Å². The summed E-state index contributed by atoms with van der Waals surface area (Å²) in [7, 11) is 0. The van der Waals surface area contributed by atoms with Crippen LogP contribution in [0, 0.1) is 5.82 Å². The monoisotopic (exact) mass is 570 g/mol. The smallest absolute Gasteiger partial charge is 0.243 e. The maximum atomic E-state index is 13.6. The molecule has 0 aliphatic carbocycles. The Labute approximate surface area is 225 Å². The number of halogens is 2. The maximum absolute atomic E-state index is 13.6. The van der Waals surface area contributed by atoms with Gasteiger partial charge in [-0.1, -0.05) is 77.5 Å². The molecule has 0 aliphatic rings. The Kier molecular flexibility index (Phi) is 11.0. The molecule has 4 nitrogen and oxygen atoms in total. The Morgan fingerprint density at radius 2 is 1.58 bits per heavy atom. The minimum absolute atomic E-state index is 0.00765. The van der Waals surface area contributed by atoms with Gasteiger partial charge in [0.15, 0.2) is 0 Å². The van der Waals surface area contributed by atoms with E-state index in [-0.39, 0.29) is 29.4 Å². The Morgan fingerprint density at radius 3 is 2.22 bits per heavy atom. The van der Waals surface area contributed by atoms with Crippen molar-refractivity contribution in [2.24, 2.45) is 0 Å². The molecule has 0 aromatic heterocycles. The molecule has 3 rings (SSSR count). The standard InChI is InChI=1S/C29H32BrFN2O2S/c1-3-21(2)32-29(35)27(17-22-7-5-4-6-8-22)33(18-23-9-13-25(30)14-10-23)28(34)20-36-19-24-11-15-26(31)16-12-24/h4-16,21,27H,3,17-20H2,1-2H3,(H,32,35). The summed E-state index contributed by atoms with van der Waals surface area (Å²) < 4.78 is 14.2. The van der Waals surface area contributed by atoms with Crippen LogP contribution >= 0.6 is 27.7 Å². The summed E-state index contributed by atoms with van der Waals surface area (Å²) >= 11 is 4.92. The van der Waals surface area contributed by atoms with Gasteiger partial charge in [-0.15, -0.1) is 11.8 Å². The van der Waals surface area contributed by atoms with Gasteiger partial charge < -0.3 is 10.2 Å². The predicted octanol–water partition coefficient (Wildman–Crippen LogP) is 6.38. The first-order chi connectivity index (χ1) is 17.4. The van der Waals surface area contributed by atoms with Gasteiger partial charge in [-0.25, -0.2) is 4.39 Å². The SMILES string of the molecule is CCC(C)NC(=O)C(Cc1ccccc1)N(Cc1ccc(Br)cc1)C(=O)CSCc1ccc(F)cc1. The first-order valence-corrected chi connectivity index (χ1v) is 14.0. The van der Waals surface area contributed by atoms with Gasteiger partial charge >= 0.3 is 0 Å². The van der Waals surface area contributed by atoms with Crippen molar-refractivity contribution in [1.82, 2.24) is 10.2 Å². The number of thioether (sulfide) groups is 1. The fourth-order valence-electron chi connectivity index (χ4n) is 3.70. The number of hydrogen-bond donors (Lipinski definition) is 1. The van der Waals surface area contributed by atoms with Gasteiger partial charge in [-0.05, 0) is 54.3 Å². The molecule has 0 saturated carbocycles. The van der Waals surface area contributed by atoms with Crippen LogP contribution in [0.1, 0.15) is 37.0 Å². The molecule has 0 bridgehead atoms. The van der Waals surface area contributed by atoms with Crippen LogP contribution in [0.15, 0.2) is 83.3 Å². The number of nitrogens with zero attached hydrogens (tertiary/aromatic N) is 1. The molecule has 190 valence electrons. The number of rotatable bonds is 12. The van der Waals surface area contributed by atoms with E-state index in [4.69, 9.17) is 0 Å². The van der Waals surface area contributed by atoms with Crippen LogP contribution in [0.4, 0.5) is 4.39 Å². The average molecular weight is 572 g/mol. The number of carbonyl (C=O) groups is 2. The number of benzene rings is 3. The van der Waals surface area contributed by atoms with E-state index in [2.05, 4.69) is 21.2 Å². The van der Waals surface area contributed by atoms with E-state index >= 15 is 0 Å². The van der Waals surface area contributed by atoms with Crippen molar-refractivity contribution in [1.29, 1.82) is 0 Å². The highest BCUT2D eigenvalue weighted by molar-refractivity contribution is 9.10. The molecule has 0 heterocycles. The number of carbonyl (C=O) groups excluding carboxylic acids is 2. The van der Waals surface area contributed by atoms with Crippen molar-refractivity contribution in [3.05, 3.63) is 106 Å². The van der Waals surface area contributed by atoms with Crippen LogP contribution in [0.2, 0.25) is 0 Å². The lowest BCUT2D eigenvalue weighted by atomic mass is 10.0. The summed E-state index contributed by atoms with van der Waals surface area (Å²) in [6, 6.07) is 23.2. The fraction of sp³-hybridized carbons (Fsp3) is 0.310. The third-order valence-electron chi connectivity index (χ3n) is 5.95. The highest BCUT2D eigenvalue weighted by Crippen LogP contribution is 2.20. The van der Waals surface area contributed by atoms with E-state index in [0.29, 0.717) is 18.7 Å². The van der Waals surface area contributed by atoms with Gasteiger partial charge in [0.25, 0.3) is 0 Å². The third-order valence-corrected chi connectivity index (χ3v) is 7.46. The maximum Gasteiger partial charge on any atom is 0.243 e. The zero-order valence-corrected chi connectivity index (χ0v) is 23.0. The van der Waals surface area contributed by atoms with E-state index in [1.54, 1.807) is 17.0 Å². The summed E-state index contributed by atoms with van der Waals surface area (Å²) in [6.07, 6.45) is 1.23. The molecular weight excluding hydrogens is 539 g/mol. The summed E-state index contributed by atoms with van der Waals surface area (Å²) in [6.45, 7) is 4.32. The second-order valence-corrected chi connectivity index (χ2v) is 10.7. The van der Waals surface area contributed by atoms with Gasteiger partial charge in [0.05, 0.1) is 5.75 Å². The second kappa shape index (κ2) is 14.2. The van der Waals surface area contributed by atoms with E-state index in [9.17, 15) is 14.0 Å². The van der Waals surface area contributed by atoms with Crippen molar-refractivity contribution in [3.63, 3.8) is 0 Å². The molecule has 0 radical (unpaired) electrons. The minimum atomic E-state index is -0.649. The second-order valence-electron chi connectivity index (χ2n) is 8.79. The zero-order valence-electron chi connectivity index (χ0n) is 20.6. The van der Waals surface area contributed by atoms with E-state index < -0.39 is 6.04 Å². The fourth-order valence-corrected chi connectivity index (χ4v) is 4.84. The lowest BCUT2D eigenvalue weighted by molar-refractivity contribution is -0.139. The number of hydrogen-bond acceptors (Lipinski definition) is 3. The zero-order chi connectivity index (χ0) is 25.9. The molecule has 3 aromatic carbocycles. The number of amides is 2. The molecule has 2 amide bonds. The quantitative estimate of drug-likeness (QED) is 0.275. The van der Waals surface area contributed by atoms with Crippen molar-refractivity contribution in [3.8, 4) is 0 Å². The van der Waals surface area contributed by atoms with Crippen molar-refractivity contribution in [2.45, 2.75) is 51.1 Å². The Morgan fingerprint density at radius 1 is 0.944 bits per heavy atom. The van der Waals surface area contributed by atoms with Crippen molar-refractivity contribution in [2.75, 3.05) is 5.75 Å². The molecule has 0 aliphatic heterocycles. The Balaban J connectivity index is 1.84. The normalized spacial score (nSPS) is 12.6. The summed E-state index contributed by atoms with van der Waals surface area (Å²) in [5.74, 6) is 0.264.